The third-order valence-corrected chi connectivity index (χ3v) is 5.53. The van der Waals surface area contributed by atoms with Gasteiger partial charge in [0.15, 0.2) is 0 Å². The van der Waals surface area contributed by atoms with E-state index >= 15 is 0 Å². The molecule has 1 aromatic rings. The number of ether oxygens (including phenoxy) is 1. The van der Waals surface area contributed by atoms with Gasteiger partial charge in [-0.1, -0.05) is 29.8 Å². The maximum absolute atomic E-state index is 12.4. The topological polar surface area (TPSA) is 61.9 Å². The molecule has 1 aromatic carbocycles. The van der Waals surface area contributed by atoms with E-state index in [2.05, 4.69) is 10.2 Å². The molecule has 1 aliphatic heterocycles. The highest BCUT2D eigenvalue weighted by molar-refractivity contribution is 6.31. The van der Waals surface area contributed by atoms with Crippen molar-refractivity contribution in [1.82, 2.24) is 15.1 Å². The van der Waals surface area contributed by atoms with Gasteiger partial charge in [-0.05, 0) is 44.7 Å². The van der Waals surface area contributed by atoms with E-state index < -0.39 is 5.60 Å². The van der Waals surface area contributed by atoms with Crippen molar-refractivity contribution in [2.24, 2.45) is 5.92 Å². The van der Waals surface area contributed by atoms with Crippen LogP contribution in [0.2, 0.25) is 5.02 Å². The Morgan fingerprint density at radius 2 is 1.86 bits per heavy atom. The summed E-state index contributed by atoms with van der Waals surface area (Å²) in [5, 5.41) is 3.79. The zero-order chi connectivity index (χ0) is 20.3. The van der Waals surface area contributed by atoms with Gasteiger partial charge in [0.1, 0.15) is 5.60 Å². The molecule has 6 nitrogen and oxygen atoms in total. The number of halogens is 1. The first kappa shape index (κ1) is 20.9. The first-order valence-electron chi connectivity index (χ1n) is 9.97. The number of hydrogen-bond donors (Lipinski definition) is 1. The van der Waals surface area contributed by atoms with Gasteiger partial charge in [0.25, 0.3) is 0 Å². The molecule has 7 heteroatoms. The van der Waals surface area contributed by atoms with Crippen molar-refractivity contribution in [3.63, 3.8) is 0 Å². The molecule has 2 amide bonds. The molecule has 2 unspecified atom stereocenters. The highest BCUT2D eigenvalue weighted by Gasteiger charge is 2.44. The predicted octanol–water partition coefficient (Wildman–Crippen LogP) is 3.11. The van der Waals surface area contributed by atoms with E-state index in [-0.39, 0.29) is 23.8 Å². The van der Waals surface area contributed by atoms with Crippen LogP contribution in [0.5, 0.6) is 0 Å². The van der Waals surface area contributed by atoms with Gasteiger partial charge in [-0.3, -0.25) is 9.69 Å². The highest BCUT2D eigenvalue weighted by Crippen LogP contribution is 2.49. The van der Waals surface area contributed by atoms with Crippen molar-refractivity contribution in [3.8, 4) is 0 Å². The Morgan fingerprint density at radius 3 is 2.50 bits per heavy atom. The van der Waals surface area contributed by atoms with E-state index in [1.807, 2.05) is 45.0 Å². The third-order valence-electron chi connectivity index (χ3n) is 5.18. The number of piperazine rings is 1. The molecule has 0 spiro atoms. The fraction of sp³-hybridized carbons (Fsp3) is 0.619. The van der Waals surface area contributed by atoms with Crippen LogP contribution in [0, 0.1) is 5.92 Å². The van der Waals surface area contributed by atoms with Crippen molar-refractivity contribution in [2.75, 3.05) is 39.3 Å². The number of rotatable bonds is 5. The minimum atomic E-state index is -0.469. The maximum atomic E-state index is 12.4. The lowest BCUT2D eigenvalue weighted by Crippen LogP contribution is -2.51. The summed E-state index contributed by atoms with van der Waals surface area (Å²) < 4.78 is 5.42. The summed E-state index contributed by atoms with van der Waals surface area (Å²) >= 11 is 6.23. The van der Waals surface area contributed by atoms with E-state index in [0.717, 1.165) is 36.6 Å². The number of hydrogen-bond acceptors (Lipinski definition) is 4. The minimum Gasteiger partial charge on any atom is -0.444 e. The summed E-state index contributed by atoms with van der Waals surface area (Å²) in [5.41, 5.74) is 0.603. The first-order chi connectivity index (χ1) is 13.2. The molecule has 1 saturated carbocycles. The molecule has 0 aromatic heterocycles. The predicted molar refractivity (Wildman–Crippen MR) is 110 cm³/mol. The van der Waals surface area contributed by atoms with E-state index in [0.29, 0.717) is 19.6 Å². The van der Waals surface area contributed by atoms with Crippen LogP contribution in [0.25, 0.3) is 0 Å². The molecule has 1 aliphatic carbocycles. The molecular weight excluding hydrogens is 378 g/mol. The summed E-state index contributed by atoms with van der Waals surface area (Å²) in [6.45, 7) is 9.93. The Hall–Kier alpha value is -1.79. The first-order valence-corrected chi connectivity index (χ1v) is 10.3. The standard InChI is InChI=1S/C21H30ClN3O3/c1-21(2,3)28-20(27)25-12-10-24(11-13-25)9-8-23-19(26)17-14-16(17)15-6-4-5-7-18(15)22/h4-7,16-17H,8-14H2,1-3H3,(H,23,26). The van der Waals surface area contributed by atoms with Crippen molar-refractivity contribution >= 4 is 23.6 Å². The molecule has 28 heavy (non-hydrogen) atoms. The number of carbonyl (C=O) groups excluding carboxylic acids is 2. The molecule has 0 bridgehead atoms. The third kappa shape index (κ3) is 5.61. The van der Waals surface area contributed by atoms with E-state index in [1.165, 1.54) is 0 Å². The second kappa shape index (κ2) is 8.70. The fourth-order valence-electron chi connectivity index (χ4n) is 3.55. The Morgan fingerprint density at radius 1 is 1.18 bits per heavy atom. The van der Waals surface area contributed by atoms with Gasteiger partial charge in [-0.15, -0.1) is 0 Å². The molecule has 0 radical (unpaired) electrons. The van der Waals surface area contributed by atoms with Gasteiger partial charge < -0.3 is 15.0 Å². The van der Waals surface area contributed by atoms with Gasteiger partial charge in [0, 0.05) is 50.2 Å². The quantitative estimate of drug-likeness (QED) is 0.814. The van der Waals surface area contributed by atoms with Crippen molar-refractivity contribution < 1.29 is 14.3 Å². The maximum Gasteiger partial charge on any atom is 0.410 e. The lowest BCUT2D eigenvalue weighted by Gasteiger charge is -2.35. The summed E-state index contributed by atoms with van der Waals surface area (Å²) in [6.07, 6.45) is 0.615. The van der Waals surface area contributed by atoms with Crippen molar-refractivity contribution in [3.05, 3.63) is 34.9 Å². The molecule has 2 atom stereocenters. The molecular formula is C21H30ClN3O3. The monoisotopic (exact) mass is 407 g/mol. The van der Waals surface area contributed by atoms with Crippen molar-refractivity contribution in [1.29, 1.82) is 0 Å². The summed E-state index contributed by atoms with van der Waals surface area (Å²) in [5.74, 6) is 0.382. The number of nitrogens with zero attached hydrogens (tertiary/aromatic N) is 2. The molecule has 1 heterocycles. The Balaban J connectivity index is 1.34. The van der Waals surface area contributed by atoms with Crippen LogP contribution in [-0.2, 0) is 9.53 Å². The zero-order valence-electron chi connectivity index (χ0n) is 16.9. The molecule has 2 fully saturated rings. The summed E-state index contributed by atoms with van der Waals surface area (Å²) in [7, 11) is 0. The highest BCUT2D eigenvalue weighted by atomic mass is 35.5. The SMILES string of the molecule is CC(C)(C)OC(=O)N1CCN(CCNC(=O)C2CC2c2ccccc2Cl)CC1. The van der Waals surface area contributed by atoms with E-state index in [9.17, 15) is 9.59 Å². The number of nitrogens with one attached hydrogen (secondary N) is 1. The van der Waals surface area contributed by atoms with Crippen molar-refractivity contribution in [2.45, 2.75) is 38.7 Å². The number of carbonyl (C=O) groups is 2. The van der Waals surface area contributed by atoms with Crippen LogP contribution in [0.3, 0.4) is 0 Å². The van der Waals surface area contributed by atoms with Crippen LogP contribution in [0.15, 0.2) is 24.3 Å². The summed E-state index contributed by atoms with van der Waals surface area (Å²) in [4.78, 5) is 28.5. The lowest BCUT2D eigenvalue weighted by atomic mass is 10.1. The zero-order valence-corrected chi connectivity index (χ0v) is 17.7. The van der Waals surface area contributed by atoms with Crippen LogP contribution in [0.4, 0.5) is 4.79 Å². The second-order valence-corrected chi connectivity index (χ2v) is 8.98. The minimum absolute atomic E-state index is 0.0314. The van der Waals surface area contributed by atoms with Crippen LogP contribution in [-0.4, -0.2) is 66.7 Å². The summed E-state index contributed by atoms with van der Waals surface area (Å²) in [6, 6.07) is 7.75. The number of benzene rings is 1. The van der Waals surface area contributed by atoms with E-state index in [4.69, 9.17) is 16.3 Å². The molecule has 1 N–H and O–H groups in total. The number of amides is 2. The Labute approximate surface area is 172 Å². The van der Waals surface area contributed by atoms with Gasteiger partial charge in [-0.2, -0.15) is 0 Å². The van der Waals surface area contributed by atoms with Gasteiger partial charge in [-0.25, -0.2) is 4.79 Å². The second-order valence-electron chi connectivity index (χ2n) is 8.57. The molecule has 154 valence electrons. The average Bonchev–Trinajstić information content (AvgIpc) is 3.42. The Bertz CT molecular complexity index is 711. The van der Waals surface area contributed by atoms with Gasteiger partial charge in [0.2, 0.25) is 5.91 Å². The Kier molecular flexibility index (Phi) is 6.50. The molecule has 2 aliphatic rings. The van der Waals surface area contributed by atoms with Crippen LogP contribution >= 0.6 is 11.6 Å². The fourth-order valence-corrected chi connectivity index (χ4v) is 3.83. The largest absolute Gasteiger partial charge is 0.444 e. The van der Waals surface area contributed by atoms with E-state index in [1.54, 1.807) is 4.90 Å². The van der Waals surface area contributed by atoms with Crippen LogP contribution in [0.1, 0.15) is 38.7 Å². The average molecular weight is 408 g/mol. The van der Waals surface area contributed by atoms with Gasteiger partial charge in [0.05, 0.1) is 0 Å². The van der Waals surface area contributed by atoms with Crippen LogP contribution < -0.4 is 5.32 Å². The lowest BCUT2D eigenvalue weighted by molar-refractivity contribution is -0.122. The smallest absolute Gasteiger partial charge is 0.410 e. The van der Waals surface area contributed by atoms with Gasteiger partial charge >= 0.3 is 6.09 Å². The molecule has 1 saturated heterocycles. The normalized spacial score (nSPS) is 22.6. The molecule has 3 rings (SSSR count).